The van der Waals surface area contributed by atoms with E-state index in [0.717, 1.165) is 50.8 Å². The molecule has 8 rings (SSSR count). The highest BCUT2D eigenvalue weighted by Gasteiger charge is 2.47. The van der Waals surface area contributed by atoms with Gasteiger partial charge in [-0.3, -0.25) is 24.8 Å². The number of hydrogen-bond acceptors (Lipinski definition) is 9. The Labute approximate surface area is 351 Å². The number of aromatic amines is 1. The van der Waals surface area contributed by atoms with Gasteiger partial charge in [-0.05, 0) is 82.8 Å². The fraction of sp³-hybridized carbons (Fsp3) is 0.170. The van der Waals surface area contributed by atoms with Crippen LogP contribution in [0.5, 0.6) is 0 Å². The zero-order valence-electron chi connectivity index (χ0n) is 33.0. The van der Waals surface area contributed by atoms with E-state index >= 15 is 0 Å². The second-order valence-corrected chi connectivity index (χ2v) is 15.0. The molecule has 0 saturated carbocycles. The van der Waals surface area contributed by atoms with E-state index in [1.54, 1.807) is 46.2 Å². The number of H-pyrrole nitrogens is 1. The molecule has 0 bridgehead atoms. The summed E-state index contributed by atoms with van der Waals surface area (Å²) in [5.74, 6) is -1.31. The molecule has 2 aliphatic rings. The Hall–Kier alpha value is -7.39. The second kappa shape index (κ2) is 18.3. The average Bonchev–Trinajstić information content (AvgIpc) is 3.95. The number of pyridine rings is 1. The quantitative estimate of drug-likeness (QED) is 0.0197. The van der Waals surface area contributed by atoms with Crippen molar-refractivity contribution in [2.75, 3.05) is 16.8 Å². The van der Waals surface area contributed by atoms with Gasteiger partial charge in [0.2, 0.25) is 0 Å². The van der Waals surface area contributed by atoms with Crippen LogP contribution < -0.4 is 26.5 Å². The number of hydroxylamine groups is 2. The number of benzene rings is 4. The van der Waals surface area contributed by atoms with Crippen LogP contribution in [-0.2, 0) is 33.9 Å². The average molecular weight is 817 g/mol. The number of nitrogens with zero attached hydrogens (tertiary/aromatic N) is 3. The molecule has 14 nitrogen and oxygen atoms in total. The molecule has 2 unspecified atom stereocenters. The summed E-state index contributed by atoms with van der Waals surface area (Å²) in [7, 11) is 0. The van der Waals surface area contributed by atoms with Crippen molar-refractivity contribution < 1.29 is 29.6 Å². The summed E-state index contributed by atoms with van der Waals surface area (Å²) in [5.41, 5.74) is 11.3. The fourth-order valence-electron chi connectivity index (χ4n) is 8.06. The Bertz CT molecular complexity index is 2620. The molecule has 3 atom stereocenters. The summed E-state index contributed by atoms with van der Waals surface area (Å²) in [5, 5.41) is 25.7. The van der Waals surface area contributed by atoms with Crippen LogP contribution in [0.2, 0.25) is 0 Å². The molecule has 5 amide bonds. The topological polar surface area (TPSA) is 192 Å². The van der Waals surface area contributed by atoms with E-state index in [1.165, 1.54) is 22.6 Å². The van der Waals surface area contributed by atoms with Gasteiger partial charge < -0.3 is 20.5 Å². The summed E-state index contributed by atoms with van der Waals surface area (Å²) in [6, 6.07) is 35.1. The minimum atomic E-state index is -0.807. The summed E-state index contributed by atoms with van der Waals surface area (Å²) in [6.45, 7) is 1.51. The van der Waals surface area contributed by atoms with E-state index in [4.69, 9.17) is 15.4 Å². The molecule has 6 aromatic rings. The molecule has 7 N–H and O–H groups in total. The van der Waals surface area contributed by atoms with Gasteiger partial charge in [0.1, 0.15) is 11.9 Å². The summed E-state index contributed by atoms with van der Waals surface area (Å²) < 4.78 is 0. The van der Waals surface area contributed by atoms with Gasteiger partial charge in [0.15, 0.2) is 0 Å². The molecule has 0 spiro atoms. The van der Waals surface area contributed by atoms with Crippen LogP contribution in [-0.4, -0.2) is 61.6 Å². The van der Waals surface area contributed by atoms with Crippen LogP contribution in [0.4, 0.5) is 16.3 Å². The van der Waals surface area contributed by atoms with Crippen LogP contribution in [0, 0.1) is 0 Å². The zero-order valence-corrected chi connectivity index (χ0v) is 33.0. The first kappa shape index (κ1) is 40.4. The fourth-order valence-corrected chi connectivity index (χ4v) is 8.06. The molecule has 308 valence electrons. The van der Waals surface area contributed by atoms with Crippen molar-refractivity contribution in [3.05, 3.63) is 173 Å². The van der Waals surface area contributed by atoms with Gasteiger partial charge >= 0.3 is 6.03 Å². The maximum absolute atomic E-state index is 14.6. The van der Waals surface area contributed by atoms with Crippen molar-refractivity contribution in [1.82, 2.24) is 31.1 Å². The number of anilines is 2. The molecular weight excluding hydrogens is 773 g/mol. The van der Waals surface area contributed by atoms with Crippen LogP contribution in [0.25, 0.3) is 23.1 Å². The number of rotatable bonds is 15. The molecule has 61 heavy (non-hydrogen) atoms. The van der Waals surface area contributed by atoms with Crippen molar-refractivity contribution in [3.8, 4) is 0 Å². The van der Waals surface area contributed by atoms with Crippen LogP contribution >= 0.6 is 0 Å². The number of carbonyl (C=O) groups excluding carboxylic acids is 4. The number of imide groups is 1. The van der Waals surface area contributed by atoms with E-state index in [9.17, 15) is 19.2 Å². The van der Waals surface area contributed by atoms with E-state index in [0.29, 0.717) is 25.2 Å². The van der Waals surface area contributed by atoms with Crippen LogP contribution in [0.15, 0.2) is 134 Å². The smallest absolute Gasteiger partial charge is 0.333 e. The number of urea groups is 1. The van der Waals surface area contributed by atoms with Gasteiger partial charge in [-0.15, -0.1) is 0 Å². The van der Waals surface area contributed by atoms with Gasteiger partial charge in [0, 0.05) is 60.4 Å². The van der Waals surface area contributed by atoms with E-state index in [-0.39, 0.29) is 30.2 Å². The highest BCUT2D eigenvalue weighted by Crippen LogP contribution is 2.45. The SMILES string of the molecule is O=C(/C=C/c1ccc(CNCCC2c3ccccc3NC2c2cccc(N3C(=O)[C@@H](Cc4c[nH]c5ccccc45)N(Cc4ccc(/C=C/C(=O)NO)cc4)C3=O)n2)cc1)NO. The predicted octanol–water partition coefficient (Wildman–Crippen LogP) is 6.61. The Morgan fingerprint density at radius 2 is 1.44 bits per heavy atom. The summed E-state index contributed by atoms with van der Waals surface area (Å²) in [4.78, 5) is 63.0. The maximum Gasteiger partial charge on any atom is 0.333 e. The number of hydrogen-bond donors (Lipinski definition) is 7. The van der Waals surface area contributed by atoms with Crippen molar-refractivity contribution in [2.24, 2.45) is 0 Å². The number of fused-ring (bicyclic) bond motifs is 2. The summed E-state index contributed by atoms with van der Waals surface area (Å²) >= 11 is 0. The van der Waals surface area contributed by atoms with E-state index in [2.05, 4.69) is 27.8 Å². The van der Waals surface area contributed by atoms with Crippen molar-refractivity contribution >= 4 is 58.3 Å². The molecular formula is C47H44N8O6. The van der Waals surface area contributed by atoms with Crippen LogP contribution in [0.3, 0.4) is 0 Å². The molecule has 1 saturated heterocycles. The normalized spacial score (nSPS) is 17.4. The van der Waals surface area contributed by atoms with Gasteiger partial charge in [0.25, 0.3) is 17.7 Å². The minimum absolute atomic E-state index is 0.0450. The minimum Gasteiger partial charge on any atom is -0.376 e. The largest absolute Gasteiger partial charge is 0.376 e. The lowest BCUT2D eigenvalue weighted by molar-refractivity contribution is -0.124. The third-order valence-corrected chi connectivity index (χ3v) is 11.1. The lowest BCUT2D eigenvalue weighted by Crippen LogP contribution is -2.36. The molecule has 0 radical (unpaired) electrons. The van der Waals surface area contributed by atoms with Crippen molar-refractivity contribution in [2.45, 2.75) is 43.9 Å². The first-order valence-corrected chi connectivity index (χ1v) is 19.9. The molecule has 4 heterocycles. The Morgan fingerprint density at radius 3 is 2.16 bits per heavy atom. The van der Waals surface area contributed by atoms with Gasteiger partial charge in [0.05, 0.1) is 11.7 Å². The van der Waals surface area contributed by atoms with Gasteiger partial charge in [-0.2, -0.15) is 0 Å². The Balaban J connectivity index is 1.01. The van der Waals surface area contributed by atoms with Crippen molar-refractivity contribution in [1.29, 1.82) is 0 Å². The number of aromatic nitrogens is 2. The molecule has 14 heteroatoms. The Kier molecular flexibility index (Phi) is 12.1. The van der Waals surface area contributed by atoms with E-state index < -0.39 is 23.9 Å². The third kappa shape index (κ3) is 8.96. The number of nitrogens with one attached hydrogen (secondary N) is 5. The first-order chi connectivity index (χ1) is 29.8. The molecule has 2 aliphatic heterocycles. The highest BCUT2D eigenvalue weighted by atomic mass is 16.5. The third-order valence-electron chi connectivity index (χ3n) is 11.1. The van der Waals surface area contributed by atoms with Crippen LogP contribution in [0.1, 0.15) is 57.5 Å². The number of amides is 5. The zero-order chi connectivity index (χ0) is 42.3. The maximum atomic E-state index is 14.6. The predicted molar refractivity (Wildman–Crippen MR) is 231 cm³/mol. The second-order valence-electron chi connectivity index (χ2n) is 15.0. The molecule has 0 aliphatic carbocycles. The number of para-hydroxylation sites is 2. The van der Waals surface area contributed by atoms with Gasteiger partial charge in [-0.25, -0.2) is 25.6 Å². The number of carbonyl (C=O) groups is 4. The van der Waals surface area contributed by atoms with Gasteiger partial charge in [-0.1, -0.05) is 91.0 Å². The van der Waals surface area contributed by atoms with Crippen molar-refractivity contribution in [3.63, 3.8) is 0 Å². The lowest BCUT2D eigenvalue weighted by atomic mass is 9.90. The lowest BCUT2D eigenvalue weighted by Gasteiger charge is -2.23. The highest BCUT2D eigenvalue weighted by molar-refractivity contribution is 6.21. The first-order valence-electron chi connectivity index (χ1n) is 19.9. The molecule has 4 aromatic carbocycles. The Morgan fingerprint density at radius 1 is 0.770 bits per heavy atom. The monoisotopic (exact) mass is 816 g/mol. The standard InChI is InChI=1S/C47H44N8O6/c56-43(52-60)22-20-30-12-16-32(17-13-30)27-48-25-24-37-36-7-2-4-9-39(36)51-45(37)40-10-5-11-42(50-40)55-46(58)41(26-34-28-49-38-8-3-1-6-35(34)38)54(47(55)59)29-33-18-14-31(15-19-33)21-23-44(57)53-61/h1-23,28,37,41,45,48-49,51,60-61H,24-27,29H2,(H,52,56)(H,53,57)/b22-20+,23-21+/t37?,41-,45?/m1/s1. The molecule has 2 aromatic heterocycles. The summed E-state index contributed by atoms with van der Waals surface area (Å²) in [6.07, 6.45) is 8.62. The van der Waals surface area contributed by atoms with E-state index in [1.807, 2.05) is 91.1 Å². The molecule has 1 fully saturated rings.